The zero-order valence-electron chi connectivity index (χ0n) is 14.3. The molecule has 5 heteroatoms. The summed E-state index contributed by atoms with van der Waals surface area (Å²) in [5.41, 5.74) is 8.73. The molecule has 2 unspecified atom stereocenters. The normalized spacial score (nSPS) is 19.4. The van der Waals surface area contributed by atoms with E-state index < -0.39 is 0 Å². The van der Waals surface area contributed by atoms with Crippen molar-refractivity contribution < 1.29 is 9.59 Å². The Bertz CT molecular complexity index is 774. The minimum Gasteiger partial charge on any atom is -0.328 e. The second-order valence-corrected chi connectivity index (χ2v) is 6.56. The van der Waals surface area contributed by atoms with Crippen LogP contribution in [-0.4, -0.2) is 17.9 Å². The first-order valence-electron chi connectivity index (χ1n) is 8.57. The van der Waals surface area contributed by atoms with E-state index >= 15 is 0 Å². The molecule has 2 aromatic rings. The third-order valence-electron chi connectivity index (χ3n) is 4.72. The van der Waals surface area contributed by atoms with E-state index in [4.69, 9.17) is 5.73 Å². The van der Waals surface area contributed by atoms with Gasteiger partial charge < -0.3 is 16.4 Å². The minimum absolute atomic E-state index is 0.00239. The number of nitrogens with one attached hydrogen (secondary N) is 2. The average Bonchev–Trinajstić information content (AvgIpc) is 3.05. The van der Waals surface area contributed by atoms with E-state index in [1.54, 1.807) is 12.1 Å². The third kappa shape index (κ3) is 4.06. The zero-order valence-corrected chi connectivity index (χ0v) is 14.3. The molecule has 3 rings (SSSR count). The highest BCUT2D eigenvalue weighted by atomic mass is 16.2. The van der Waals surface area contributed by atoms with Gasteiger partial charge >= 0.3 is 0 Å². The van der Waals surface area contributed by atoms with Crippen molar-refractivity contribution in [2.75, 3.05) is 10.6 Å². The molecule has 0 saturated heterocycles. The smallest absolute Gasteiger partial charge is 0.255 e. The van der Waals surface area contributed by atoms with Crippen molar-refractivity contribution in [3.63, 3.8) is 0 Å². The predicted molar refractivity (Wildman–Crippen MR) is 99.5 cm³/mol. The molecule has 25 heavy (non-hydrogen) atoms. The fraction of sp³-hybridized carbons (Fsp3) is 0.300. The molecule has 0 aliphatic heterocycles. The van der Waals surface area contributed by atoms with Gasteiger partial charge in [-0.05, 0) is 56.0 Å². The van der Waals surface area contributed by atoms with Gasteiger partial charge in [-0.25, -0.2) is 0 Å². The Hall–Kier alpha value is -2.66. The largest absolute Gasteiger partial charge is 0.328 e. The Labute approximate surface area is 147 Å². The summed E-state index contributed by atoms with van der Waals surface area (Å²) < 4.78 is 0. The molecular formula is C20H23N3O2. The van der Waals surface area contributed by atoms with Gasteiger partial charge in [-0.2, -0.15) is 0 Å². The van der Waals surface area contributed by atoms with Gasteiger partial charge in [0.2, 0.25) is 5.91 Å². The van der Waals surface area contributed by atoms with Crippen LogP contribution in [0.4, 0.5) is 11.4 Å². The molecule has 1 aliphatic rings. The highest BCUT2D eigenvalue weighted by Gasteiger charge is 2.28. The van der Waals surface area contributed by atoms with Gasteiger partial charge in [0.1, 0.15) is 0 Å². The van der Waals surface area contributed by atoms with Crippen LogP contribution in [0, 0.1) is 12.8 Å². The Morgan fingerprint density at radius 1 is 0.960 bits per heavy atom. The molecule has 4 N–H and O–H groups in total. The van der Waals surface area contributed by atoms with Gasteiger partial charge in [0.25, 0.3) is 5.91 Å². The second kappa shape index (κ2) is 7.49. The SMILES string of the molecule is Cc1c(NC(=O)c2ccccc2)cccc1NC(=O)C1CCC(N)C1. The van der Waals surface area contributed by atoms with Gasteiger partial charge in [-0.1, -0.05) is 24.3 Å². The standard InChI is InChI=1S/C20H23N3O2/c1-13-17(22-19(24)14-6-3-2-4-7-14)8-5-9-18(13)23-20(25)15-10-11-16(21)12-15/h2-9,15-16H,10-12,21H2,1H3,(H,22,24)(H,23,25). The van der Waals surface area contributed by atoms with Gasteiger partial charge in [-0.3, -0.25) is 9.59 Å². The van der Waals surface area contributed by atoms with Crippen LogP contribution in [0.2, 0.25) is 0 Å². The number of carbonyl (C=O) groups excluding carboxylic acids is 2. The van der Waals surface area contributed by atoms with E-state index in [2.05, 4.69) is 10.6 Å². The van der Waals surface area contributed by atoms with Crippen molar-refractivity contribution in [3.05, 3.63) is 59.7 Å². The maximum Gasteiger partial charge on any atom is 0.255 e. The molecule has 0 aromatic heterocycles. The Morgan fingerprint density at radius 3 is 2.28 bits per heavy atom. The van der Waals surface area contributed by atoms with E-state index in [9.17, 15) is 9.59 Å². The van der Waals surface area contributed by atoms with Gasteiger partial charge in [0.15, 0.2) is 0 Å². The van der Waals surface area contributed by atoms with Crippen LogP contribution < -0.4 is 16.4 Å². The summed E-state index contributed by atoms with van der Waals surface area (Å²) in [5, 5.41) is 5.89. The zero-order chi connectivity index (χ0) is 17.8. The van der Waals surface area contributed by atoms with Crippen LogP contribution in [0.15, 0.2) is 48.5 Å². The van der Waals surface area contributed by atoms with Crippen LogP contribution in [0.25, 0.3) is 0 Å². The number of hydrogen-bond acceptors (Lipinski definition) is 3. The molecule has 5 nitrogen and oxygen atoms in total. The lowest BCUT2D eigenvalue weighted by Crippen LogP contribution is -2.23. The third-order valence-corrected chi connectivity index (χ3v) is 4.72. The summed E-state index contributed by atoms with van der Waals surface area (Å²) in [6, 6.07) is 14.7. The summed E-state index contributed by atoms with van der Waals surface area (Å²) in [4.78, 5) is 24.7. The summed E-state index contributed by atoms with van der Waals surface area (Å²) in [5.74, 6) is -0.200. The van der Waals surface area contributed by atoms with Crippen molar-refractivity contribution in [2.24, 2.45) is 11.7 Å². The lowest BCUT2D eigenvalue weighted by molar-refractivity contribution is -0.119. The Balaban J connectivity index is 1.71. The van der Waals surface area contributed by atoms with Crippen molar-refractivity contribution in [2.45, 2.75) is 32.2 Å². The number of nitrogens with two attached hydrogens (primary N) is 1. The van der Waals surface area contributed by atoms with Gasteiger partial charge in [-0.15, -0.1) is 0 Å². The van der Waals surface area contributed by atoms with Crippen molar-refractivity contribution in [3.8, 4) is 0 Å². The molecule has 1 aliphatic carbocycles. The fourth-order valence-electron chi connectivity index (χ4n) is 3.18. The van der Waals surface area contributed by atoms with Crippen LogP contribution in [0.5, 0.6) is 0 Å². The maximum absolute atomic E-state index is 12.4. The molecular weight excluding hydrogens is 314 g/mol. The molecule has 2 aromatic carbocycles. The number of amides is 2. The topological polar surface area (TPSA) is 84.2 Å². The van der Waals surface area contributed by atoms with E-state index in [-0.39, 0.29) is 23.8 Å². The first kappa shape index (κ1) is 17.2. The summed E-state index contributed by atoms with van der Waals surface area (Å²) in [6.07, 6.45) is 2.45. The van der Waals surface area contributed by atoms with Crippen LogP contribution in [0.1, 0.15) is 35.2 Å². The second-order valence-electron chi connectivity index (χ2n) is 6.56. The molecule has 2 atom stereocenters. The highest BCUT2D eigenvalue weighted by molar-refractivity contribution is 6.05. The van der Waals surface area contributed by atoms with Crippen molar-refractivity contribution >= 4 is 23.2 Å². The highest BCUT2D eigenvalue weighted by Crippen LogP contribution is 2.28. The monoisotopic (exact) mass is 337 g/mol. The number of carbonyl (C=O) groups is 2. The van der Waals surface area contributed by atoms with Crippen molar-refractivity contribution in [1.29, 1.82) is 0 Å². The Kier molecular flexibility index (Phi) is 5.14. The summed E-state index contributed by atoms with van der Waals surface area (Å²) >= 11 is 0. The molecule has 0 heterocycles. The molecule has 2 amide bonds. The predicted octanol–water partition coefficient (Wildman–Crippen LogP) is 3.31. The van der Waals surface area contributed by atoms with Gasteiger partial charge in [0, 0.05) is 28.9 Å². The minimum atomic E-state index is -0.172. The molecule has 130 valence electrons. The quantitative estimate of drug-likeness (QED) is 0.800. The number of benzene rings is 2. The lowest BCUT2D eigenvalue weighted by atomic mass is 10.1. The molecule has 0 bridgehead atoms. The fourth-order valence-corrected chi connectivity index (χ4v) is 3.18. The average molecular weight is 337 g/mol. The Morgan fingerprint density at radius 2 is 1.64 bits per heavy atom. The van der Waals surface area contributed by atoms with Crippen LogP contribution >= 0.6 is 0 Å². The summed E-state index contributed by atoms with van der Waals surface area (Å²) in [6.45, 7) is 1.89. The summed E-state index contributed by atoms with van der Waals surface area (Å²) in [7, 11) is 0. The first-order valence-corrected chi connectivity index (χ1v) is 8.57. The first-order chi connectivity index (χ1) is 12.0. The van der Waals surface area contributed by atoms with E-state index in [0.717, 1.165) is 30.5 Å². The molecule has 1 fully saturated rings. The number of anilines is 2. The molecule has 0 radical (unpaired) electrons. The van der Waals surface area contributed by atoms with E-state index in [0.29, 0.717) is 11.3 Å². The van der Waals surface area contributed by atoms with Gasteiger partial charge in [0.05, 0.1) is 0 Å². The molecule has 0 spiro atoms. The maximum atomic E-state index is 12.4. The van der Waals surface area contributed by atoms with Crippen molar-refractivity contribution in [1.82, 2.24) is 0 Å². The molecule has 1 saturated carbocycles. The number of hydrogen-bond donors (Lipinski definition) is 3. The van der Waals surface area contributed by atoms with Crippen LogP contribution in [0.3, 0.4) is 0 Å². The van der Waals surface area contributed by atoms with Crippen LogP contribution in [-0.2, 0) is 4.79 Å². The lowest BCUT2D eigenvalue weighted by Gasteiger charge is -2.15. The van der Waals surface area contributed by atoms with E-state index in [1.165, 1.54) is 0 Å². The number of rotatable bonds is 4. The van der Waals surface area contributed by atoms with E-state index in [1.807, 2.05) is 43.3 Å².